The van der Waals surface area contributed by atoms with Gasteiger partial charge in [0.25, 0.3) is 0 Å². The second-order valence-electron chi connectivity index (χ2n) is 7.36. The Kier molecular flexibility index (Phi) is 7.68. The van der Waals surface area contributed by atoms with Gasteiger partial charge in [-0.25, -0.2) is 9.18 Å². The molecule has 168 valence electrons. The lowest BCUT2D eigenvalue weighted by Gasteiger charge is -2.15. The molecule has 2 N–H and O–H groups in total. The van der Waals surface area contributed by atoms with Gasteiger partial charge >= 0.3 is 5.97 Å². The number of aliphatic carboxylic acids is 1. The summed E-state index contributed by atoms with van der Waals surface area (Å²) in [6, 6.07) is 16.5. The van der Waals surface area contributed by atoms with Gasteiger partial charge in [-0.1, -0.05) is 18.2 Å². The van der Waals surface area contributed by atoms with Crippen LogP contribution >= 0.6 is 0 Å². The van der Waals surface area contributed by atoms with E-state index in [4.69, 9.17) is 19.3 Å². The number of nitrogens with one attached hydrogen (secondary N) is 1. The van der Waals surface area contributed by atoms with Crippen LogP contribution in [-0.4, -0.2) is 31.6 Å². The van der Waals surface area contributed by atoms with Crippen LogP contribution in [0.4, 0.5) is 10.1 Å². The van der Waals surface area contributed by atoms with Gasteiger partial charge < -0.3 is 24.6 Å². The third-order valence-corrected chi connectivity index (χ3v) is 4.84. The lowest BCUT2D eigenvalue weighted by atomic mass is 9.94. The van der Waals surface area contributed by atoms with E-state index in [1.54, 1.807) is 13.2 Å². The highest BCUT2D eigenvalue weighted by molar-refractivity contribution is 5.72. The van der Waals surface area contributed by atoms with Crippen LogP contribution in [0.1, 0.15) is 16.7 Å². The molecule has 0 amide bonds. The standard InChI is InChI=1S/C25H26FNO5/c1-16-9-21(32-15-30-3)10-17(2)25(16)19-6-4-5-18(11-19)13-27-20-7-8-23(22(26)12-20)31-14-24(28)29/h4-12,27H,13-15H2,1-3H3,(H,28,29). The highest BCUT2D eigenvalue weighted by atomic mass is 19.1. The number of anilines is 1. The lowest BCUT2D eigenvalue weighted by Crippen LogP contribution is -2.10. The fourth-order valence-corrected chi connectivity index (χ4v) is 3.50. The first-order valence-corrected chi connectivity index (χ1v) is 10.1. The Balaban J connectivity index is 1.72. The summed E-state index contributed by atoms with van der Waals surface area (Å²) >= 11 is 0. The van der Waals surface area contributed by atoms with Crippen molar-refractivity contribution >= 4 is 11.7 Å². The molecule has 0 aromatic heterocycles. The average Bonchev–Trinajstić information content (AvgIpc) is 2.75. The Labute approximate surface area is 186 Å². The molecule has 0 fully saturated rings. The first-order chi connectivity index (χ1) is 15.4. The average molecular weight is 439 g/mol. The molecule has 0 aliphatic heterocycles. The van der Waals surface area contributed by atoms with Gasteiger partial charge in [0, 0.05) is 25.4 Å². The Bertz CT molecular complexity index is 1080. The molecule has 0 radical (unpaired) electrons. The second kappa shape index (κ2) is 10.6. The normalized spacial score (nSPS) is 10.6. The van der Waals surface area contributed by atoms with Crippen molar-refractivity contribution in [2.45, 2.75) is 20.4 Å². The van der Waals surface area contributed by atoms with E-state index in [-0.39, 0.29) is 12.5 Å². The molecule has 0 bridgehead atoms. The summed E-state index contributed by atoms with van der Waals surface area (Å²) in [6.07, 6.45) is 0. The van der Waals surface area contributed by atoms with Gasteiger partial charge in [-0.05, 0) is 72.0 Å². The van der Waals surface area contributed by atoms with Crippen LogP contribution in [0.25, 0.3) is 11.1 Å². The number of rotatable bonds is 10. The molecule has 32 heavy (non-hydrogen) atoms. The SMILES string of the molecule is COCOc1cc(C)c(-c2cccc(CNc3ccc(OCC(=O)O)c(F)c3)c2)c(C)c1. The van der Waals surface area contributed by atoms with Gasteiger partial charge in [0.2, 0.25) is 0 Å². The van der Waals surface area contributed by atoms with E-state index in [1.165, 1.54) is 12.1 Å². The van der Waals surface area contributed by atoms with Gasteiger partial charge in [-0.2, -0.15) is 0 Å². The van der Waals surface area contributed by atoms with Crippen LogP contribution in [0.15, 0.2) is 54.6 Å². The van der Waals surface area contributed by atoms with Gasteiger partial charge in [0.1, 0.15) is 5.75 Å². The molecular weight excluding hydrogens is 413 g/mol. The van der Waals surface area contributed by atoms with Gasteiger partial charge in [-0.3, -0.25) is 0 Å². The zero-order valence-electron chi connectivity index (χ0n) is 18.3. The fourth-order valence-electron chi connectivity index (χ4n) is 3.50. The number of benzene rings is 3. The number of methoxy groups -OCH3 is 1. The zero-order chi connectivity index (χ0) is 23.1. The van der Waals surface area contributed by atoms with Crippen molar-refractivity contribution in [3.63, 3.8) is 0 Å². The van der Waals surface area contributed by atoms with Crippen molar-refractivity contribution in [2.75, 3.05) is 25.8 Å². The van der Waals surface area contributed by atoms with Crippen molar-refractivity contribution in [3.05, 3.63) is 77.1 Å². The number of hydrogen-bond acceptors (Lipinski definition) is 5. The minimum Gasteiger partial charge on any atom is -0.479 e. The highest BCUT2D eigenvalue weighted by Crippen LogP contribution is 2.32. The molecular formula is C25H26FNO5. The Morgan fingerprint density at radius 1 is 1.03 bits per heavy atom. The van der Waals surface area contributed by atoms with Crippen molar-refractivity contribution in [1.29, 1.82) is 0 Å². The number of aryl methyl sites for hydroxylation is 2. The van der Waals surface area contributed by atoms with E-state index >= 15 is 0 Å². The molecule has 3 aromatic rings. The minimum atomic E-state index is -1.16. The van der Waals surface area contributed by atoms with Crippen LogP contribution in [-0.2, 0) is 16.1 Å². The number of carbonyl (C=O) groups is 1. The molecule has 0 aliphatic carbocycles. The van der Waals surface area contributed by atoms with Gasteiger partial charge in [-0.15, -0.1) is 0 Å². The monoisotopic (exact) mass is 439 g/mol. The minimum absolute atomic E-state index is 0.0937. The van der Waals surface area contributed by atoms with Crippen LogP contribution in [0, 0.1) is 19.7 Å². The molecule has 6 nitrogen and oxygen atoms in total. The quantitative estimate of drug-likeness (QED) is 0.425. The Morgan fingerprint density at radius 2 is 1.78 bits per heavy atom. The number of halogens is 1. The van der Waals surface area contributed by atoms with Crippen LogP contribution in [0.5, 0.6) is 11.5 Å². The molecule has 3 aromatic carbocycles. The lowest BCUT2D eigenvalue weighted by molar-refractivity contribution is -0.139. The third kappa shape index (κ3) is 5.98. The smallest absolute Gasteiger partial charge is 0.341 e. The molecule has 7 heteroatoms. The summed E-state index contributed by atoms with van der Waals surface area (Å²) < 4.78 is 29.6. The van der Waals surface area contributed by atoms with Crippen molar-refractivity contribution < 1.29 is 28.5 Å². The topological polar surface area (TPSA) is 77.0 Å². The second-order valence-corrected chi connectivity index (χ2v) is 7.36. The highest BCUT2D eigenvalue weighted by Gasteiger charge is 2.10. The summed E-state index contributed by atoms with van der Waals surface area (Å²) in [4.78, 5) is 10.6. The molecule has 3 rings (SSSR count). The molecule has 0 unspecified atom stereocenters. The summed E-state index contributed by atoms with van der Waals surface area (Å²) in [5.74, 6) is -1.11. The molecule has 0 heterocycles. The van der Waals surface area contributed by atoms with Gasteiger partial charge in [0.15, 0.2) is 25.0 Å². The molecule has 0 spiro atoms. The van der Waals surface area contributed by atoms with E-state index in [9.17, 15) is 9.18 Å². The number of carboxylic acids is 1. The maximum atomic E-state index is 14.1. The first kappa shape index (κ1) is 23.1. The van der Waals surface area contributed by atoms with E-state index in [0.717, 1.165) is 33.6 Å². The van der Waals surface area contributed by atoms with E-state index in [0.29, 0.717) is 12.2 Å². The van der Waals surface area contributed by atoms with Crippen molar-refractivity contribution in [2.24, 2.45) is 0 Å². The maximum Gasteiger partial charge on any atom is 0.341 e. The Hall–Kier alpha value is -3.58. The Morgan fingerprint density at radius 3 is 2.44 bits per heavy atom. The molecule has 0 aliphatic rings. The number of carboxylic acid groups (broad SMARTS) is 1. The predicted octanol–water partition coefficient (Wildman–Crippen LogP) is 5.17. The summed E-state index contributed by atoms with van der Waals surface area (Å²) in [6.45, 7) is 4.20. The summed E-state index contributed by atoms with van der Waals surface area (Å²) in [5, 5.41) is 11.8. The third-order valence-electron chi connectivity index (χ3n) is 4.84. The van der Waals surface area contributed by atoms with E-state index < -0.39 is 18.4 Å². The number of ether oxygens (including phenoxy) is 3. The van der Waals surface area contributed by atoms with Crippen LogP contribution in [0.3, 0.4) is 0 Å². The van der Waals surface area contributed by atoms with Gasteiger partial charge in [0.05, 0.1) is 0 Å². The van der Waals surface area contributed by atoms with E-state index in [2.05, 4.69) is 17.4 Å². The molecule has 0 atom stereocenters. The largest absolute Gasteiger partial charge is 0.479 e. The fraction of sp³-hybridized carbons (Fsp3) is 0.240. The maximum absolute atomic E-state index is 14.1. The van der Waals surface area contributed by atoms with Crippen molar-refractivity contribution in [1.82, 2.24) is 0 Å². The first-order valence-electron chi connectivity index (χ1n) is 10.1. The number of hydrogen-bond donors (Lipinski definition) is 2. The molecule has 0 saturated carbocycles. The molecule has 0 saturated heterocycles. The zero-order valence-corrected chi connectivity index (χ0v) is 18.3. The van der Waals surface area contributed by atoms with Crippen molar-refractivity contribution in [3.8, 4) is 22.6 Å². The van der Waals surface area contributed by atoms with Crippen LogP contribution < -0.4 is 14.8 Å². The predicted molar refractivity (Wildman–Crippen MR) is 121 cm³/mol. The van der Waals surface area contributed by atoms with Crippen LogP contribution in [0.2, 0.25) is 0 Å². The van der Waals surface area contributed by atoms with E-state index in [1.807, 2.05) is 38.1 Å². The summed E-state index contributed by atoms with van der Waals surface area (Å²) in [5.41, 5.74) is 6.03. The summed E-state index contributed by atoms with van der Waals surface area (Å²) in [7, 11) is 1.59.